The number of amides is 1. The number of esters is 1. The zero-order valence-corrected chi connectivity index (χ0v) is 54.6. The van der Waals surface area contributed by atoms with Gasteiger partial charge >= 0.3 is 5.97 Å². The summed E-state index contributed by atoms with van der Waals surface area (Å²) in [4.78, 5) is 24.6. The first-order valence-corrected chi connectivity index (χ1v) is 36.9. The fourth-order valence-corrected chi connectivity index (χ4v) is 11.9. The standard InChI is InChI=1S/C74H145NO5/c1-3-5-7-9-11-13-15-17-18-19-20-21-27-30-33-36-39-43-46-50-54-58-62-66-72(77)71(70-76)75-73(78)67-63-59-55-51-47-44-40-37-34-31-28-25-23-22-24-26-29-32-35-38-41-45-49-53-57-61-65-69-80-74(79)68-64-60-56-52-48-42-16-14-12-10-8-6-4-2/h22-23,71-72,76-77H,3-21,24-70H2,1-2H3,(H,75,78)/b23-22-. The van der Waals surface area contributed by atoms with Gasteiger partial charge in [-0.05, 0) is 51.4 Å². The Balaban J connectivity index is 3.38. The number of rotatable bonds is 70. The van der Waals surface area contributed by atoms with Gasteiger partial charge in [0.2, 0.25) is 5.91 Å². The van der Waals surface area contributed by atoms with Gasteiger partial charge in [0.05, 0.1) is 25.4 Å². The van der Waals surface area contributed by atoms with E-state index in [4.69, 9.17) is 4.74 Å². The number of unbranched alkanes of at least 4 members (excludes halogenated alkanes) is 57. The lowest BCUT2D eigenvalue weighted by Gasteiger charge is -2.22. The van der Waals surface area contributed by atoms with Crippen LogP contribution in [-0.4, -0.2) is 47.4 Å². The second-order valence-electron chi connectivity index (χ2n) is 25.6. The van der Waals surface area contributed by atoms with Crippen molar-refractivity contribution in [3.05, 3.63) is 12.2 Å². The lowest BCUT2D eigenvalue weighted by Crippen LogP contribution is -2.45. The van der Waals surface area contributed by atoms with Crippen molar-refractivity contribution in [2.24, 2.45) is 0 Å². The van der Waals surface area contributed by atoms with Gasteiger partial charge in [0.25, 0.3) is 0 Å². The number of hydrogen-bond donors (Lipinski definition) is 3. The normalized spacial score (nSPS) is 12.5. The van der Waals surface area contributed by atoms with Gasteiger partial charge in [-0.15, -0.1) is 0 Å². The fourth-order valence-electron chi connectivity index (χ4n) is 11.9. The van der Waals surface area contributed by atoms with Crippen LogP contribution >= 0.6 is 0 Å². The number of carbonyl (C=O) groups is 2. The third-order valence-electron chi connectivity index (χ3n) is 17.6. The molecule has 0 aliphatic rings. The summed E-state index contributed by atoms with van der Waals surface area (Å²) >= 11 is 0. The number of nitrogens with one attached hydrogen (secondary N) is 1. The van der Waals surface area contributed by atoms with Gasteiger partial charge < -0.3 is 20.3 Å². The first-order valence-electron chi connectivity index (χ1n) is 36.9. The van der Waals surface area contributed by atoms with Crippen molar-refractivity contribution in [2.75, 3.05) is 13.2 Å². The molecule has 1 amide bonds. The van der Waals surface area contributed by atoms with Crippen LogP contribution in [0, 0.1) is 0 Å². The molecule has 0 fully saturated rings. The highest BCUT2D eigenvalue weighted by Gasteiger charge is 2.20. The summed E-state index contributed by atoms with van der Waals surface area (Å²) in [5.74, 6) is -0.0125. The van der Waals surface area contributed by atoms with Crippen LogP contribution in [0.1, 0.15) is 425 Å². The second kappa shape index (κ2) is 70.1. The van der Waals surface area contributed by atoms with Crippen LogP contribution < -0.4 is 5.32 Å². The molecule has 0 aromatic rings. The fraction of sp³-hybridized carbons (Fsp3) is 0.946. The minimum atomic E-state index is -0.666. The summed E-state index contributed by atoms with van der Waals surface area (Å²) < 4.78 is 5.49. The van der Waals surface area contributed by atoms with Crippen LogP contribution in [0.4, 0.5) is 0 Å². The summed E-state index contributed by atoms with van der Waals surface area (Å²) in [6, 6.07) is -0.543. The van der Waals surface area contributed by atoms with E-state index in [0.717, 1.165) is 38.5 Å². The number of aliphatic hydroxyl groups excluding tert-OH is 2. The summed E-state index contributed by atoms with van der Waals surface area (Å²) in [6.07, 6.45) is 87.0. The van der Waals surface area contributed by atoms with Gasteiger partial charge in [-0.3, -0.25) is 9.59 Å². The van der Waals surface area contributed by atoms with Crippen molar-refractivity contribution in [1.29, 1.82) is 0 Å². The Bertz CT molecular complexity index is 1210. The maximum atomic E-state index is 12.6. The van der Waals surface area contributed by atoms with Crippen molar-refractivity contribution in [2.45, 2.75) is 437 Å². The van der Waals surface area contributed by atoms with Crippen LogP contribution in [0.15, 0.2) is 12.2 Å². The molecule has 80 heavy (non-hydrogen) atoms. The van der Waals surface area contributed by atoms with Crippen molar-refractivity contribution in [3.63, 3.8) is 0 Å². The molecule has 3 N–H and O–H groups in total. The monoisotopic (exact) mass is 1130 g/mol. The SMILES string of the molecule is CCCCCCCCCCCCCCCCCCCCCCCCCC(O)C(CO)NC(=O)CCCCCCCCCCCCC/C=C\CCCCCCCCCCCCCCOC(=O)CCCCCCCCCCCCCCC. The summed E-state index contributed by atoms with van der Waals surface area (Å²) in [7, 11) is 0. The molecule has 476 valence electrons. The molecule has 0 heterocycles. The molecule has 0 saturated carbocycles. The van der Waals surface area contributed by atoms with Crippen molar-refractivity contribution >= 4 is 11.9 Å². The van der Waals surface area contributed by atoms with E-state index >= 15 is 0 Å². The average Bonchev–Trinajstić information content (AvgIpc) is 3.46. The van der Waals surface area contributed by atoms with Crippen LogP contribution in [0.3, 0.4) is 0 Å². The molecule has 0 bridgehead atoms. The molecule has 0 saturated heterocycles. The Morgan fingerprint density at radius 1 is 0.338 bits per heavy atom. The molecular weight excluding hydrogens is 983 g/mol. The van der Waals surface area contributed by atoms with Gasteiger partial charge in [-0.2, -0.15) is 0 Å². The van der Waals surface area contributed by atoms with Gasteiger partial charge in [0.1, 0.15) is 0 Å². The second-order valence-corrected chi connectivity index (χ2v) is 25.6. The van der Waals surface area contributed by atoms with E-state index in [1.165, 1.54) is 353 Å². The molecule has 0 aliphatic carbocycles. The van der Waals surface area contributed by atoms with Gasteiger partial charge in [0.15, 0.2) is 0 Å². The largest absolute Gasteiger partial charge is 0.466 e. The van der Waals surface area contributed by atoms with Crippen LogP contribution in [0.25, 0.3) is 0 Å². The van der Waals surface area contributed by atoms with Gasteiger partial charge in [-0.25, -0.2) is 0 Å². The molecule has 6 nitrogen and oxygen atoms in total. The molecule has 6 heteroatoms. The minimum absolute atomic E-state index is 0.0178. The molecule has 0 aromatic carbocycles. The molecule has 2 atom stereocenters. The number of carbonyl (C=O) groups excluding carboxylic acids is 2. The molecule has 0 aromatic heterocycles. The zero-order valence-electron chi connectivity index (χ0n) is 54.6. The predicted octanol–water partition coefficient (Wildman–Crippen LogP) is 23.9. The molecule has 2 unspecified atom stereocenters. The third-order valence-corrected chi connectivity index (χ3v) is 17.6. The topological polar surface area (TPSA) is 95.9 Å². The number of aliphatic hydroxyl groups is 2. The third kappa shape index (κ3) is 65.7. The van der Waals surface area contributed by atoms with E-state index in [9.17, 15) is 19.8 Å². The van der Waals surface area contributed by atoms with E-state index in [2.05, 4.69) is 31.3 Å². The Morgan fingerprint density at radius 2 is 0.588 bits per heavy atom. The highest BCUT2D eigenvalue weighted by atomic mass is 16.5. The molecule has 0 rings (SSSR count). The maximum absolute atomic E-state index is 12.6. The van der Waals surface area contributed by atoms with E-state index in [-0.39, 0.29) is 18.5 Å². The summed E-state index contributed by atoms with van der Waals surface area (Å²) in [6.45, 7) is 5.00. The van der Waals surface area contributed by atoms with Crippen LogP contribution in [0.2, 0.25) is 0 Å². The maximum Gasteiger partial charge on any atom is 0.305 e. The number of ether oxygens (including phenoxy) is 1. The van der Waals surface area contributed by atoms with Crippen molar-refractivity contribution in [3.8, 4) is 0 Å². The summed E-state index contributed by atoms with van der Waals surface area (Å²) in [5.41, 5.74) is 0. The Kier molecular flexibility index (Phi) is 68.9. The van der Waals surface area contributed by atoms with E-state index < -0.39 is 12.1 Å². The van der Waals surface area contributed by atoms with Gasteiger partial charge in [0, 0.05) is 12.8 Å². The quantitative estimate of drug-likeness (QED) is 0.0320. The molecule has 0 aliphatic heterocycles. The van der Waals surface area contributed by atoms with E-state index in [1.807, 2.05) is 0 Å². The Labute approximate surface area is 501 Å². The lowest BCUT2D eigenvalue weighted by molar-refractivity contribution is -0.143. The van der Waals surface area contributed by atoms with Crippen molar-refractivity contribution in [1.82, 2.24) is 5.32 Å². The van der Waals surface area contributed by atoms with Crippen LogP contribution in [-0.2, 0) is 14.3 Å². The Hall–Kier alpha value is -1.40. The molecule has 0 spiro atoms. The first-order chi connectivity index (χ1) is 39.5. The highest BCUT2D eigenvalue weighted by Crippen LogP contribution is 2.19. The van der Waals surface area contributed by atoms with Crippen LogP contribution in [0.5, 0.6) is 0 Å². The predicted molar refractivity (Wildman–Crippen MR) is 352 cm³/mol. The van der Waals surface area contributed by atoms with E-state index in [1.54, 1.807) is 0 Å². The number of hydrogen-bond acceptors (Lipinski definition) is 5. The smallest absolute Gasteiger partial charge is 0.305 e. The lowest BCUT2D eigenvalue weighted by atomic mass is 10.0. The Morgan fingerprint density at radius 3 is 0.887 bits per heavy atom. The highest BCUT2D eigenvalue weighted by molar-refractivity contribution is 5.76. The average molecular weight is 1130 g/mol. The molecular formula is C74H145NO5. The zero-order chi connectivity index (χ0) is 57.8. The van der Waals surface area contributed by atoms with Gasteiger partial charge in [-0.1, -0.05) is 373 Å². The first kappa shape index (κ1) is 78.6. The minimum Gasteiger partial charge on any atom is -0.466 e. The van der Waals surface area contributed by atoms with E-state index in [0.29, 0.717) is 25.9 Å². The number of allylic oxidation sites excluding steroid dienone is 2. The summed E-state index contributed by atoms with van der Waals surface area (Å²) in [5, 5.41) is 23.4. The van der Waals surface area contributed by atoms with Crippen molar-refractivity contribution < 1.29 is 24.5 Å². The molecule has 0 radical (unpaired) electrons.